The van der Waals surface area contributed by atoms with Gasteiger partial charge in [-0.2, -0.15) is 0 Å². The molecule has 0 unspecified atom stereocenters. The van der Waals surface area contributed by atoms with Crippen LogP contribution in [-0.2, 0) is 6.42 Å². The van der Waals surface area contributed by atoms with E-state index in [0.29, 0.717) is 11.2 Å². The Morgan fingerprint density at radius 2 is 2.06 bits per heavy atom. The summed E-state index contributed by atoms with van der Waals surface area (Å²) in [6.45, 7) is 2.20. The lowest BCUT2D eigenvalue weighted by molar-refractivity contribution is 0.622. The monoisotopic (exact) mass is 234 g/mol. The van der Waals surface area contributed by atoms with E-state index in [1.807, 2.05) is 0 Å². The molecule has 5 heteroatoms. The van der Waals surface area contributed by atoms with Crippen LogP contribution in [0.1, 0.15) is 44.9 Å². The average molecular weight is 234 g/mol. The van der Waals surface area contributed by atoms with Gasteiger partial charge in [-0.3, -0.25) is 4.79 Å². The molecule has 0 atom stereocenters. The topological polar surface area (TPSA) is 74.4 Å². The summed E-state index contributed by atoms with van der Waals surface area (Å²) in [6.07, 6.45) is 8.36. The number of imidazole rings is 1. The summed E-state index contributed by atoms with van der Waals surface area (Å²) >= 11 is 0. The Balaban J connectivity index is 1.97. The Bertz CT molecular complexity index is 529. The van der Waals surface area contributed by atoms with Crippen LogP contribution >= 0.6 is 0 Å². The predicted molar refractivity (Wildman–Crippen MR) is 67.0 cm³/mol. The zero-order chi connectivity index (χ0) is 12.1. The Labute approximate surface area is 99.7 Å². The van der Waals surface area contributed by atoms with Crippen LogP contribution in [-0.4, -0.2) is 19.9 Å². The molecule has 2 aromatic rings. The van der Waals surface area contributed by atoms with Crippen molar-refractivity contribution >= 4 is 11.2 Å². The fraction of sp³-hybridized carbons (Fsp3) is 0.583. The van der Waals surface area contributed by atoms with Gasteiger partial charge in [0, 0.05) is 6.42 Å². The highest BCUT2D eigenvalue weighted by Crippen LogP contribution is 2.06. The molecule has 0 aliphatic heterocycles. The zero-order valence-electron chi connectivity index (χ0n) is 10.1. The molecule has 5 nitrogen and oxygen atoms in total. The molecular weight excluding hydrogens is 216 g/mol. The first-order chi connectivity index (χ1) is 8.31. The molecule has 0 saturated heterocycles. The summed E-state index contributed by atoms with van der Waals surface area (Å²) in [4.78, 5) is 25.5. The summed E-state index contributed by atoms with van der Waals surface area (Å²) in [5, 5.41) is 0. The summed E-state index contributed by atoms with van der Waals surface area (Å²) in [5.41, 5.74) is 0.841. The van der Waals surface area contributed by atoms with E-state index >= 15 is 0 Å². The molecule has 2 aromatic heterocycles. The quantitative estimate of drug-likeness (QED) is 0.752. The molecular formula is C12H18N4O. The highest BCUT2D eigenvalue weighted by molar-refractivity contribution is 5.67. The van der Waals surface area contributed by atoms with Crippen LogP contribution in [0.25, 0.3) is 11.2 Å². The van der Waals surface area contributed by atoms with Crippen LogP contribution in [0.5, 0.6) is 0 Å². The number of rotatable bonds is 6. The van der Waals surface area contributed by atoms with Crippen molar-refractivity contribution in [3.63, 3.8) is 0 Å². The molecule has 0 aromatic carbocycles. The number of aryl methyl sites for hydroxylation is 1. The number of hydrogen-bond acceptors (Lipinski definition) is 3. The van der Waals surface area contributed by atoms with E-state index in [1.54, 1.807) is 0 Å². The van der Waals surface area contributed by atoms with Crippen LogP contribution in [0, 0.1) is 0 Å². The van der Waals surface area contributed by atoms with Crippen molar-refractivity contribution in [1.29, 1.82) is 0 Å². The lowest BCUT2D eigenvalue weighted by Crippen LogP contribution is -2.11. The van der Waals surface area contributed by atoms with Crippen molar-refractivity contribution in [1.82, 2.24) is 19.9 Å². The second-order valence-corrected chi connectivity index (χ2v) is 4.28. The second-order valence-electron chi connectivity index (χ2n) is 4.28. The van der Waals surface area contributed by atoms with Crippen LogP contribution in [0.3, 0.4) is 0 Å². The number of aromatic nitrogens is 4. The van der Waals surface area contributed by atoms with E-state index in [0.717, 1.165) is 18.7 Å². The Kier molecular flexibility index (Phi) is 3.90. The largest absolute Gasteiger partial charge is 0.339 e. The highest BCUT2D eigenvalue weighted by Gasteiger charge is 2.05. The molecule has 0 saturated carbocycles. The Morgan fingerprint density at radius 3 is 2.88 bits per heavy atom. The lowest BCUT2D eigenvalue weighted by Gasteiger charge is -2.00. The minimum atomic E-state index is -0.129. The van der Waals surface area contributed by atoms with E-state index in [9.17, 15) is 4.79 Å². The van der Waals surface area contributed by atoms with Gasteiger partial charge in [0.15, 0.2) is 11.2 Å². The molecule has 0 spiro atoms. The van der Waals surface area contributed by atoms with Crippen LogP contribution in [0.2, 0.25) is 0 Å². The molecule has 0 aliphatic carbocycles. The first-order valence-electron chi connectivity index (χ1n) is 6.23. The van der Waals surface area contributed by atoms with Gasteiger partial charge < -0.3 is 9.97 Å². The van der Waals surface area contributed by atoms with Crippen molar-refractivity contribution in [2.45, 2.75) is 45.4 Å². The maximum Gasteiger partial charge on any atom is 0.276 e. The number of nitrogens with one attached hydrogen (secondary N) is 2. The maximum atomic E-state index is 11.6. The summed E-state index contributed by atoms with van der Waals surface area (Å²) < 4.78 is 0. The van der Waals surface area contributed by atoms with Gasteiger partial charge in [0.25, 0.3) is 5.56 Å². The smallest absolute Gasteiger partial charge is 0.276 e. The molecule has 17 heavy (non-hydrogen) atoms. The SMILES string of the molecule is CCCCCCCc1nc2nc[nH]c2c(=O)[nH]1. The Morgan fingerprint density at radius 1 is 1.24 bits per heavy atom. The molecule has 0 radical (unpaired) electrons. The summed E-state index contributed by atoms with van der Waals surface area (Å²) in [6, 6.07) is 0. The number of unbranched alkanes of at least 4 members (excludes halogenated alkanes) is 4. The second kappa shape index (κ2) is 5.61. The average Bonchev–Trinajstić information content (AvgIpc) is 2.77. The van der Waals surface area contributed by atoms with Crippen molar-refractivity contribution in [3.05, 3.63) is 22.5 Å². The molecule has 0 aliphatic rings. The van der Waals surface area contributed by atoms with Crippen LogP contribution in [0.15, 0.2) is 11.1 Å². The Hall–Kier alpha value is -1.65. The number of aromatic amines is 2. The fourth-order valence-electron chi connectivity index (χ4n) is 1.90. The molecule has 0 fully saturated rings. The minimum absolute atomic E-state index is 0.129. The van der Waals surface area contributed by atoms with Crippen molar-refractivity contribution in [3.8, 4) is 0 Å². The standard InChI is InChI=1S/C12H18N4O/c1-2-3-4-5-6-7-9-15-11-10(12(17)16-9)13-8-14-11/h8H,2-7H2,1H3,(H2,13,14,15,16,17). The van der Waals surface area contributed by atoms with E-state index < -0.39 is 0 Å². The van der Waals surface area contributed by atoms with Crippen molar-refractivity contribution < 1.29 is 0 Å². The summed E-state index contributed by atoms with van der Waals surface area (Å²) in [7, 11) is 0. The van der Waals surface area contributed by atoms with Gasteiger partial charge in [-0.1, -0.05) is 32.6 Å². The number of hydrogen-bond donors (Lipinski definition) is 2. The molecule has 0 amide bonds. The highest BCUT2D eigenvalue weighted by atomic mass is 16.1. The third-order valence-electron chi connectivity index (χ3n) is 2.86. The first kappa shape index (κ1) is 11.8. The van der Waals surface area contributed by atoms with E-state index in [-0.39, 0.29) is 5.56 Å². The third kappa shape index (κ3) is 2.93. The molecule has 92 valence electrons. The first-order valence-corrected chi connectivity index (χ1v) is 6.23. The molecule has 0 bridgehead atoms. The van der Waals surface area contributed by atoms with E-state index in [1.165, 1.54) is 32.0 Å². The number of fused-ring (bicyclic) bond motifs is 1. The molecule has 2 N–H and O–H groups in total. The minimum Gasteiger partial charge on any atom is -0.339 e. The van der Waals surface area contributed by atoms with Crippen molar-refractivity contribution in [2.24, 2.45) is 0 Å². The normalized spacial score (nSPS) is 11.1. The van der Waals surface area contributed by atoms with Gasteiger partial charge >= 0.3 is 0 Å². The lowest BCUT2D eigenvalue weighted by atomic mass is 10.1. The molecule has 2 heterocycles. The summed E-state index contributed by atoms with van der Waals surface area (Å²) in [5.74, 6) is 0.742. The van der Waals surface area contributed by atoms with Crippen LogP contribution < -0.4 is 5.56 Å². The van der Waals surface area contributed by atoms with Gasteiger partial charge in [-0.05, 0) is 6.42 Å². The molecule has 2 rings (SSSR count). The van der Waals surface area contributed by atoms with Gasteiger partial charge in [0.1, 0.15) is 5.82 Å². The number of nitrogens with zero attached hydrogens (tertiary/aromatic N) is 2. The van der Waals surface area contributed by atoms with Gasteiger partial charge in [0.05, 0.1) is 6.33 Å². The zero-order valence-corrected chi connectivity index (χ0v) is 10.1. The predicted octanol–water partition coefficient (Wildman–Crippen LogP) is 2.16. The van der Waals surface area contributed by atoms with E-state index in [4.69, 9.17) is 0 Å². The maximum absolute atomic E-state index is 11.6. The third-order valence-corrected chi connectivity index (χ3v) is 2.86. The fourth-order valence-corrected chi connectivity index (χ4v) is 1.90. The van der Waals surface area contributed by atoms with Gasteiger partial charge in [0.2, 0.25) is 0 Å². The van der Waals surface area contributed by atoms with E-state index in [2.05, 4.69) is 26.9 Å². The van der Waals surface area contributed by atoms with Gasteiger partial charge in [-0.25, -0.2) is 9.97 Å². The van der Waals surface area contributed by atoms with Crippen molar-refractivity contribution in [2.75, 3.05) is 0 Å². The van der Waals surface area contributed by atoms with Crippen LogP contribution in [0.4, 0.5) is 0 Å². The number of H-pyrrole nitrogens is 2. The van der Waals surface area contributed by atoms with Gasteiger partial charge in [-0.15, -0.1) is 0 Å².